The van der Waals surface area contributed by atoms with E-state index >= 15 is 0 Å². The number of nitrogens with one attached hydrogen (secondary N) is 1. The Balaban J connectivity index is 2.07. The van der Waals surface area contributed by atoms with Gasteiger partial charge >= 0.3 is 0 Å². The summed E-state index contributed by atoms with van der Waals surface area (Å²) in [4.78, 5) is 0.538. The summed E-state index contributed by atoms with van der Waals surface area (Å²) in [7, 11) is -3.44. The molecule has 1 aromatic rings. The predicted molar refractivity (Wildman–Crippen MR) is 93.4 cm³/mol. The molecule has 5 heteroatoms. The Labute approximate surface area is 140 Å². The maximum atomic E-state index is 13.4. The van der Waals surface area contributed by atoms with E-state index in [-0.39, 0.29) is 0 Å². The number of nitrogens with zero attached hydrogens (tertiary/aromatic N) is 1. The van der Waals surface area contributed by atoms with Crippen molar-refractivity contribution in [2.24, 2.45) is 0 Å². The smallest absolute Gasteiger partial charge is 0.243 e. The lowest BCUT2D eigenvalue weighted by molar-refractivity contribution is 0.383. The summed E-state index contributed by atoms with van der Waals surface area (Å²) in [6, 6.07) is 0.800. The third-order valence-electron chi connectivity index (χ3n) is 6.02. The van der Waals surface area contributed by atoms with Crippen molar-refractivity contribution in [3.8, 4) is 0 Å². The summed E-state index contributed by atoms with van der Waals surface area (Å²) >= 11 is 0. The number of fused-ring (bicyclic) bond motifs is 2. The van der Waals surface area contributed by atoms with Gasteiger partial charge in [0.15, 0.2) is 0 Å². The Morgan fingerprint density at radius 2 is 1.35 bits per heavy atom. The normalized spacial score (nSPS) is 25.6. The molecule has 0 radical (unpaired) electrons. The molecular formula is C18H28N2O2S. The molecule has 1 aromatic carbocycles. The van der Waals surface area contributed by atoms with Crippen molar-refractivity contribution in [2.45, 2.75) is 70.9 Å². The van der Waals surface area contributed by atoms with Crippen LogP contribution in [0.4, 0.5) is 0 Å². The highest BCUT2D eigenvalue weighted by molar-refractivity contribution is 7.89. The summed E-state index contributed by atoms with van der Waals surface area (Å²) in [5.41, 5.74) is 5.22. The molecule has 0 aromatic heterocycles. The molecule has 128 valence electrons. The van der Waals surface area contributed by atoms with Crippen molar-refractivity contribution < 1.29 is 8.42 Å². The summed E-state index contributed by atoms with van der Waals surface area (Å²) in [5, 5.41) is 3.56. The molecule has 2 bridgehead atoms. The van der Waals surface area contributed by atoms with Gasteiger partial charge in [-0.15, -0.1) is 0 Å². The standard InChI is InChI=1S/C18H28N2O2S/c1-11-12(2)14(4)18(15(5)13(11)3)23(21,22)20-9-8-16-6-7-17(10-20)19-16/h16-17,19H,6-10H2,1-5H3. The van der Waals surface area contributed by atoms with E-state index in [0.717, 1.165) is 35.1 Å². The molecule has 4 nitrogen and oxygen atoms in total. The molecule has 2 fully saturated rings. The molecule has 0 amide bonds. The molecular weight excluding hydrogens is 308 g/mol. The van der Waals surface area contributed by atoms with Crippen LogP contribution in [-0.2, 0) is 10.0 Å². The predicted octanol–water partition coefficient (Wildman–Crippen LogP) is 2.74. The zero-order valence-corrected chi connectivity index (χ0v) is 15.7. The maximum absolute atomic E-state index is 13.4. The van der Waals surface area contributed by atoms with Crippen LogP contribution in [0.5, 0.6) is 0 Å². The van der Waals surface area contributed by atoms with Crippen LogP contribution in [0, 0.1) is 34.6 Å². The zero-order valence-electron chi connectivity index (χ0n) is 14.9. The second-order valence-electron chi connectivity index (χ2n) is 7.24. The Morgan fingerprint density at radius 3 is 1.96 bits per heavy atom. The molecule has 3 rings (SSSR count). The zero-order chi connectivity index (χ0) is 16.9. The largest absolute Gasteiger partial charge is 0.310 e. The lowest BCUT2D eigenvalue weighted by Crippen LogP contribution is -2.39. The van der Waals surface area contributed by atoms with Crippen LogP contribution in [0.25, 0.3) is 0 Å². The van der Waals surface area contributed by atoms with E-state index in [9.17, 15) is 8.42 Å². The summed E-state index contributed by atoms with van der Waals surface area (Å²) in [5.74, 6) is 0. The number of hydrogen-bond donors (Lipinski definition) is 1. The van der Waals surface area contributed by atoms with Crippen LogP contribution in [0.1, 0.15) is 47.1 Å². The monoisotopic (exact) mass is 336 g/mol. The molecule has 0 aliphatic carbocycles. The first-order valence-corrected chi connectivity index (χ1v) is 10.0. The van der Waals surface area contributed by atoms with Crippen LogP contribution in [0.3, 0.4) is 0 Å². The molecule has 2 aliphatic rings. The van der Waals surface area contributed by atoms with Crippen LogP contribution >= 0.6 is 0 Å². The fourth-order valence-electron chi connectivity index (χ4n) is 4.11. The maximum Gasteiger partial charge on any atom is 0.243 e. The Bertz CT molecular complexity index is 711. The second-order valence-corrected chi connectivity index (χ2v) is 9.12. The average molecular weight is 337 g/mol. The van der Waals surface area contributed by atoms with Gasteiger partial charge in [-0.2, -0.15) is 4.31 Å². The quantitative estimate of drug-likeness (QED) is 0.903. The van der Waals surface area contributed by atoms with E-state index in [0.29, 0.717) is 30.1 Å². The molecule has 2 atom stereocenters. The van der Waals surface area contributed by atoms with Crippen LogP contribution < -0.4 is 5.32 Å². The Morgan fingerprint density at radius 1 is 0.826 bits per heavy atom. The lowest BCUT2D eigenvalue weighted by atomic mass is 9.95. The lowest BCUT2D eigenvalue weighted by Gasteiger charge is -2.27. The van der Waals surface area contributed by atoms with Gasteiger partial charge in [-0.1, -0.05) is 0 Å². The van der Waals surface area contributed by atoms with Gasteiger partial charge in [0.1, 0.15) is 0 Å². The summed E-state index contributed by atoms with van der Waals surface area (Å²) < 4.78 is 28.5. The summed E-state index contributed by atoms with van der Waals surface area (Å²) in [6.07, 6.45) is 3.18. The highest BCUT2D eigenvalue weighted by Crippen LogP contribution is 2.33. The molecule has 2 aliphatic heterocycles. The SMILES string of the molecule is Cc1c(C)c(C)c(S(=O)(=O)N2CCC3CCC(C2)N3)c(C)c1C. The molecule has 2 saturated heterocycles. The first-order chi connectivity index (χ1) is 10.7. The second kappa shape index (κ2) is 5.87. The van der Waals surface area contributed by atoms with Crippen molar-refractivity contribution in [3.63, 3.8) is 0 Å². The first-order valence-electron chi connectivity index (χ1n) is 8.56. The highest BCUT2D eigenvalue weighted by Gasteiger charge is 2.36. The number of hydrogen-bond acceptors (Lipinski definition) is 3. The number of rotatable bonds is 2. The van der Waals surface area contributed by atoms with Crippen molar-refractivity contribution in [3.05, 3.63) is 27.8 Å². The van der Waals surface area contributed by atoms with E-state index in [1.807, 2.05) is 27.7 Å². The van der Waals surface area contributed by atoms with Gasteiger partial charge in [-0.3, -0.25) is 0 Å². The van der Waals surface area contributed by atoms with Crippen LogP contribution in [-0.4, -0.2) is 37.9 Å². The molecule has 23 heavy (non-hydrogen) atoms. The molecule has 0 saturated carbocycles. The van der Waals surface area contributed by atoms with Gasteiger partial charge in [0.05, 0.1) is 4.90 Å². The minimum absolute atomic E-state index is 0.311. The van der Waals surface area contributed by atoms with Crippen molar-refractivity contribution in [2.75, 3.05) is 13.1 Å². The molecule has 1 N–H and O–H groups in total. The topological polar surface area (TPSA) is 49.4 Å². The highest BCUT2D eigenvalue weighted by atomic mass is 32.2. The fraction of sp³-hybridized carbons (Fsp3) is 0.667. The third-order valence-corrected chi connectivity index (χ3v) is 8.15. The van der Waals surface area contributed by atoms with Gasteiger partial charge in [0, 0.05) is 25.2 Å². The van der Waals surface area contributed by atoms with E-state index in [2.05, 4.69) is 12.2 Å². The first kappa shape index (κ1) is 16.9. The summed E-state index contributed by atoms with van der Waals surface area (Å²) in [6.45, 7) is 11.3. The Kier molecular flexibility index (Phi) is 4.32. The minimum atomic E-state index is -3.44. The van der Waals surface area contributed by atoms with E-state index in [1.165, 1.54) is 12.0 Å². The Hall–Kier alpha value is -0.910. The van der Waals surface area contributed by atoms with Gasteiger partial charge in [0.2, 0.25) is 10.0 Å². The van der Waals surface area contributed by atoms with Gasteiger partial charge in [-0.25, -0.2) is 8.42 Å². The van der Waals surface area contributed by atoms with E-state index < -0.39 is 10.0 Å². The van der Waals surface area contributed by atoms with Crippen LogP contribution in [0.15, 0.2) is 4.90 Å². The van der Waals surface area contributed by atoms with Crippen molar-refractivity contribution in [1.82, 2.24) is 9.62 Å². The average Bonchev–Trinajstić information content (AvgIpc) is 2.81. The number of sulfonamides is 1. The third kappa shape index (κ3) is 2.73. The fourth-order valence-corrected chi connectivity index (χ4v) is 6.17. The van der Waals surface area contributed by atoms with Gasteiger partial charge < -0.3 is 5.32 Å². The van der Waals surface area contributed by atoms with Gasteiger partial charge in [0.25, 0.3) is 0 Å². The molecule has 2 heterocycles. The molecule has 2 unspecified atom stereocenters. The van der Waals surface area contributed by atoms with Crippen LogP contribution in [0.2, 0.25) is 0 Å². The minimum Gasteiger partial charge on any atom is -0.310 e. The van der Waals surface area contributed by atoms with Crippen molar-refractivity contribution in [1.29, 1.82) is 0 Å². The van der Waals surface area contributed by atoms with Crippen molar-refractivity contribution >= 4 is 10.0 Å². The van der Waals surface area contributed by atoms with E-state index in [1.54, 1.807) is 4.31 Å². The number of benzene rings is 1. The van der Waals surface area contributed by atoms with E-state index in [4.69, 9.17) is 0 Å². The molecule has 0 spiro atoms. The van der Waals surface area contributed by atoms with Gasteiger partial charge in [-0.05, 0) is 81.7 Å².